The summed E-state index contributed by atoms with van der Waals surface area (Å²) >= 11 is 0. The first-order chi connectivity index (χ1) is 9.54. The lowest BCUT2D eigenvalue weighted by molar-refractivity contribution is -0.139. The summed E-state index contributed by atoms with van der Waals surface area (Å²) in [4.78, 5) is 11.0. The Morgan fingerprint density at radius 3 is 1.71 bits per heavy atom. The summed E-state index contributed by atoms with van der Waals surface area (Å²) in [6.07, 6.45) is 0. The Morgan fingerprint density at radius 1 is 1.00 bits per heavy atom. The molecular formula is C14H21NO5S. The predicted molar refractivity (Wildman–Crippen MR) is 79.0 cm³/mol. The minimum Gasteiger partial charge on any atom is -0.480 e. The highest BCUT2D eigenvalue weighted by Gasteiger charge is 2.28. The van der Waals surface area contributed by atoms with Crippen molar-refractivity contribution in [2.45, 2.75) is 45.6 Å². The molecule has 0 unspecified atom stereocenters. The number of aliphatic hydroxyl groups excluding tert-OH is 1. The van der Waals surface area contributed by atoms with Gasteiger partial charge in [-0.3, -0.25) is 4.79 Å². The van der Waals surface area contributed by atoms with E-state index in [0.29, 0.717) is 11.1 Å². The Hall–Kier alpha value is -1.44. The summed E-state index contributed by atoms with van der Waals surface area (Å²) in [6, 6.07) is -1.56. The molecule has 1 aromatic carbocycles. The average molecular weight is 315 g/mol. The average Bonchev–Trinajstić information content (AvgIpc) is 2.40. The zero-order chi connectivity index (χ0) is 16.5. The number of rotatable bonds is 5. The van der Waals surface area contributed by atoms with E-state index in [-0.39, 0.29) is 4.90 Å². The molecular weight excluding hydrogens is 294 g/mol. The van der Waals surface area contributed by atoms with Crippen molar-refractivity contribution in [1.29, 1.82) is 0 Å². The second-order valence-corrected chi connectivity index (χ2v) is 6.80. The Balaban J connectivity index is 3.50. The van der Waals surface area contributed by atoms with Crippen LogP contribution >= 0.6 is 0 Å². The van der Waals surface area contributed by atoms with Crippen molar-refractivity contribution in [1.82, 2.24) is 4.72 Å². The van der Waals surface area contributed by atoms with Crippen LogP contribution in [0.25, 0.3) is 0 Å². The number of hydrogen-bond donors (Lipinski definition) is 3. The van der Waals surface area contributed by atoms with Crippen molar-refractivity contribution in [2.24, 2.45) is 0 Å². The molecule has 0 aliphatic heterocycles. The molecule has 118 valence electrons. The monoisotopic (exact) mass is 315 g/mol. The second kappa shape index (κ2) is 6.13. The molecule has 0 amide bonds. The van der Waals surface area contributed by atoms with Crippen LogP contribution in [0.2, 0.25) is 0 Å². The zero-order valence-electron chi connectivity index (χ0n) is 12.8. The first-order valence-corrected chi connectivity index (χ1v) is 7.95. The third kappa shape index (κ3) is 3.25. The van der Waals surface area contributed by atoms with Crippen molar-refractivity contribution in [2.75, 3.05) is 6.61 Å². The topological polar surface area (TPSA) is 104 Å². The fourth-order valence-corrected chi connectivity index (χ4v) is 4.06. The largest absolute Gasteiger partial charge is 0.480 e. The van der Waals surface area contributed by atoms with E-state index in [1.165, 1.54) is 0 Å². The summed E-state index contributed by atoms with van der Waals surface area (Å²) in [5.41, 5.74) is 3.90. The first kappa shape index (κ1) is 17.6. The number of hydrogen-bond acceptors (Lipinski definition) is 4. The summed E-state index contributed by atoms with van der Waals surface area (Å²) in [5, 5.41) is 17.9. The molecule has 0 fully saturated rings. The fourth-order valence-electron chi connectivity index (χ4n) is 2.28. The van der Waals surface area contributed by atoms with Gasteiger partial charge in [-0.25, -0.2) is 8.42 Å². The number of carboxylic acid groups (broad SMARTS) is 1. The molecule has 0 aliphatic carbocycles. The van der Waals surface area contributed by atoms with Crippen LogP contribution in [0.4, 0.5) is 0 Å². The Bertz CT molecular complexity index is 650. The van der Waals surface area contributed by atoms with E-state index in [1.54, 1.807) is 13.8 Å². The molecule has 3 N–H and O–H groups in total. The number of aliphatic carboxylic acids is 1. The van der Waals surface area contributed by atoms with E-state index in [4.69, 9.17) is 10.2 Å². The van der Waals surface area contributed by atoms with Crippen LogP contribution in [0.5, 0.6) is 0 Å². The minimum atomic E-state index is -4.03. The molecule has 1 aromatic rings. The van der Waals surface area contributed by atoms with Crippen LogP contribution in [-0.2, 0) is 14.8 Å². The summed E-state index contributed by atoms with van der Waals surface area (Å²) < 4.78 is 27.0. The first-order valence-electron chi connectivity index (χ1n) is 6.47. The third-order valence-electron chi connectivity index (χ3n) is 3.98. The van der Waals surface area contributed by atoms with Crippen LogP contribution in [0.15, 0.2) is 4.90 Å². The van der Waals surface area contributed by atoms with Crippen molar-refractivity contribution in [3.05, 3.63) is 27.8 Å². The molecule has 0 aliphatic rings. The lowest BCUT2D eigenvalue weighted by Gasteiger charge is -2.20. The molecule has 0 saturated heterocycles. The smallest absolute Gasteiger partial charge is 0.324 e. The van der Waals surface area contributed by atoms with Gasteiger partial charge in [-0.05, 0) is 62.4 Å². The summed E-state index contributed by atoms with van der Waals surface area (Å²) in [7, 11) is -4.03. The van der Waals surface area contributed by atoms with Crippen molar-refractivity contribution in [3.63, 3.8) is 0 Å². The van der Waals surface area contributed by atoms with E-state index in [9.17, 15) is 13.2 Å². The molecule has 1 rings (SSSR count). The quantitative estimate of drug-likeness (QED) is 0.750. The number of carboxylic acids is 1. The normalized spacial score (nSPS) is 13.2. The number of benzene rings is 1. The molecule has 0 bridgehead atoms. The van der Waals surface area contributed by atoms with Gasteiger partial charge < -0.3 is 10.2 Å². The van der Waals surface area contributed by atoms with Gasteiger partial charge in [0, 0.05) is 0 Å². The van der Waals surface area contributed by atoms with Crippen LogP contribution < -0.4 is 4.72 Å². The van der Waals surface area contributed by atoms with Crippen molar-refractivity contribution in [3.8, 4) is 0 Å². The maximum Gasteiger partial charge on any atom is 0.324 e. The summed E-state index contributed by atoms with van der Waals surface area (Å²) in [6.45, 7) is 8.16. The molecule has 0 heterocycles. The van der Waals surface area contributed by atoms with Gasteiger partial charge in [-0.15, -0.1) is 0 Å². The fraction of sp³-hybridized carbons (Fsp3) is 0.500. The minimum absolute atomic E-state index is 0.0859. The van der Waals surface area contributed by atoms with Crippen molar-refractivity contribution >= 4 is 16.0 Å². The molecule has 0 aromatic heterocycles. The van der Waals surface area contributed by atoms with Gasteiger partial charge in [0.15, 0.2) is 0 Å². The molecule has 7 heteroatoms. The third-order valence-corrected chi connectivity index (χ3v) is 5.72. The Labute approximate surface area is 124 Å². The summed E-state index contributed by atoms with van der Waals surface area (Å²) in [5.74, 6) is -1.42. The highest BCUT2D eigenvalue weighted by Crippen LogP contribution is 2.29. The molecule has 0 saturated carbocycles. The van der Waals surface area contributed by atoms with E-state index >= 15 is 0 Å². The van der Waals surface area contributed by atoms with E-state index in [2.05, 4.69) is 0 Å². The molecule has 21 heavy (non-hydrogen) atoms. The van der Waals surface area contributed by atoms with Gasteiger partial charge in [0.2, 0.25) is 10.0 Å². The molecule has 0 radical (unpaired) electrons. The maximum atomic E-state index is 12.5. The lowest BCUT2D eigenvalue weighted by Crippen LogP contribution is -2.43. The Morgan fingerprint density at radius 2 is 1.38 bits per heavy atom. The second-order valence-electron chi connectivity index (χ2n) is 5.15. The number of nitrogens with one attached hydrogen (secondary N) is 1. The van der Waals surface area contributed by atoms with E-state index in [0.717, 1.165) is 16.7 Å². The van der Waals surface area contributed by atoms with Gasteiger partial charge >= 0.3 is 5.97 Å². The lowest BCUT2D eigenvalue weighted by atomic mass is 9.95. The standard InChI is InChI=1S/C14H21NO5S/c1-7-8(2)10(4)13(11(5)9(7)3)21(19,20)15-12(6-16)14(17)18/h12,15-16H,6H2,1-5H3,(H,17,18)/t12-/m1/s1. The maximum absolute atomic E-state index is 12.5. The number of carbonyl (C=O) groups is 1. The Kier molecular flexibility index (Phi) is 5.14. The van der Waals surface area contributed by atoms with Gasteiger partial charge in [0.25, 0.3) is 0 Å². The van der Waals surface area contributed by atoms with Gasteiger partial charge in [-0.1, -0.05) is 0 Å². The molecule has 6 nitrogen and oxygen atoms in total. The molecule has 0 spiro atoms. The highest BCUT2D eigenvalue weighted by molar-refractivity contribution is 7.89. The highest BCUT2D eigenvalue weighted by atomic mass is 32.2. The SMILES string of the molecule is Cc1c(C)c(C)c(S(=O)(=O)N[C@H](CO)C(=O)O)c(C)c1C. The van der Waals surface area contributed by atoms with Gasteiger partial charge in [0.1, 0.15) is 6.04 Å². The van der Waals surface area contributed by atoms with Crippen molar-refractivity contribution < 1.29 is 23.4 Å². The van der Waals surface area contributed by atoms with Crippen LogP contribution in [0.3, 0.4) is 0 Å². The van der Waals surface area contributed by atoms with Crippen LogP contribution in [0.1, 0.15) is 27.8 Å². The predicted octanol–water partition coefficient (Wildman–Crippen LogP) is 0.953. The van der Waals surface area contributed by atoms with Gasteiger partial charge in [0.05, 0.1) is 11.5 Å². The zero-order valence-corrected chi connectivity index (χ0v) is 13.6. The molecule has 1 atom stereocenters. The number of aliphatic hydroxyl groups is 1. The van der Waals surface area contributed by atoms with Gasteiger partial charge in [-0.2, -0.15) is 4.72 Å². The van der Waals surface area contributed by atoms with Crippen LogP contribution in [-0.4, -0.2) is 37.2 Å². The number of sulfonamides is 1. The van der Waals surface area contributed by atoms with E-state index in [1.807, 2.05) is 25.5 Å². The van der Waals surface area contributed by atoms with E-state index < -0.39 is 28.6 Å². The van der Waals surface area contributed by atoms with Crippen LogP contribution in [0, 0.1) is 34.6 Å².